The van der Waals surface area contributed by atoms with Gasteiger partial charge in [-0.1, -0.05) is 0 Å². The first-order valence-electron chi connectivity index (χ1n) is 7.20. The molecule has 24 heavy (non-hydrogen) atoms. The Morgan fingerprint density at radius 1 is 1.25 bits per heavy atom. The van der Waals surface area contributed by atoms with Crippen LogP contribution >= 0.6 is 11.8 Å². The van der Waals surface area contributed by atoms with Crippen LogP contribution in [0.5, 0.6) is 0 Å². The number of rotatable bonds is 5. The van der Waals surface area contributed by atoms with E-state index in [1.165, 1.54) is 6.07 Å². The lowest BCUT2D eigenvalue weighted by Gasteiger charge is -2.32. The topological polar surface area (TPSA) is 121 Å². The van der Waals surface area contributed by atoms with E-state index in [0.717, 1.165) is 23.9 Å². The van der Waals surface area contributed by atoms with Crippen molar-refractivity contribution in [3.05, 3.63) is 29.8 Å². The summed E-state index contributed by atoms with van der Waals surface area (Å²) in [6.07, 6.45) is -1.17. The molecular weight excluding hydrogens is 344 g/mol. The van der Waals surface area contributed by atoms with Crippen molar-refractivity contribution in [3.63, 3.8) is 0 Å². The Kier molecular flexibility index (Phi) is 4.05. The van der Waals surface area contributed by atoms with Crippen LogP contribution in [0.25, 0.3) is 0 Å². The lowest BCUT2D eigenvalue weighted by molar-refractivity contribution is -0.148. The fourth-order valence-corrected chi connectivity index (χ4v) is 4.98. The SMILES string of the molecule is NC1(C(=O)O)C(CSc2ccc(F)c(F)c2)C(O)C2C(C(=O)O)C21. The molecule has 1 aromatic carbocycles. The van der Waals surface area contributed by atoms with Crippen molar-refractivity contribution in [2.75, 3.05) is 5.75 Å². The molecule has 1 aromatic rings. The number of benzene rings is 1. The van der Waals surface area contributed by atoms with Gasteiger partial charge in [-0.15, -0.1) is 11.8 Å². The highest BCUT2D eigenvalue weighted by Gasteiger charge is 2.77. The normalized spacial score (nSPS) is 37.1. The van der Waals surface area contributed by atoms with E-state index in [4.69, 9.17) is 10.8 Å². The van der Waals surface area contributed by atoms with E-state index < -0.39 is 58.9 Å². The number of fused-ring (bicyclic) bond motifs is 1. The van der Waals surface area contributed by atoms with Crippen LogP contribution in [0.1, 0.15) is 0 Å². The maximum atomic E-state index is 13.2. The highest BCUT2D eigenvalue weighted by Crippen LogP contribution is 2.64. The van der Waals surface area contributed by atoms with E-state index in [1.54, 1.807) is 0 Å². The fourth-order valence-electron chi connectivity index (χ4n) is 3.78. The molecule has 6 unspecified atom stereocenters. The maximum absolute atomic E-state index is 13.2. The van der Waals surface area contributed by atoms with E-state index in [0.29, 0.717) is 4.90 Å². The van der Waals surface area contributed by atoms with Gasteiger partial charge in [0.1, 0.15) is 5.54 Å². The maximum Gasteiger partial charge on any atom is 0.324 e. The van der Waals surface area contributed by atoms with Crippen LogP contribution in [0, 0.1) is 35.3 Å². The number of aliphatic hydroxyl groups excluding tert-OH is 1. The molecular formula is C15H15F2NO5S. The number of carboxylic acid groups (broad SMARTS) is 2. The molecule has 9 heteroatoms. The van der Waals surface area contributed by atoms with Gasteiger partial charge in [0, 0.05) is 28.4 Å². The number of thioether (sulfide) groups is 1. The van der Waals surface area contributed by atoms with Gasteiger partial charge in [0.2, 0.25) is 0 Å². The first-order chi connectivity index (χ1) is 11.2. The number of hydrogen-bond donors (Lipinski definition) is 4. The predicted octanol–water partition coefficient (Wildman–Crippen LogP) is 0.776. The van der Waals surface area contributed by atoms with Crippen molar-refractivity contribution in [1.29, 1.82) is 0 Å². The van der Waals surface area contributed by atoms with Gasteiger partial charge in [-0.05, 0) is 18.2 Å². The first-order valence-corrected chi connectivity index (χ1v) is 8.19. The van der Waals surface area contributed by atoms with Crippen LogP contribution in [0.3, 0.4) is 0 Å². The zero-order valence-corrected chi connectivity index (χ0v) is 13.0. The Bertz CT molecular complexity index is 717. The second kappa shape index (κ2) is 5.68. The molecule has 0 aliphatic heterocycles. The zero-order chi connectivity index (χ0) is 17.8. The van der Waals surface area contributed by atoms with Crippen molar-refractivity contribution in [1.82, 2.24) is 0 Å². The Balaban J connectivity index is 1.79. The van der Waals surface area contributed by atoms with E-state index >= 15 is 0 Å². The molecule has 6 nitrogen and oxygen atoms in total. The molecule has 0 radical (unpaired) electrons. The summed E-state index contributed by atoms with van der Waals surface area (Å²) in [6, 6.07) is 3.26. The number of carboxylic acids is 2. The minimum absolute atomic E-state index is 0.0500. The summed E-state index contributed by atoms with van der Waals surface area (Å²) >= 11 is 1.04. The van der Waals surface area contributed by atoms with Gasteiger partial charge in [-0.2, -0.15) is 0 Å². The largest absolute Gasteiger partial charge is 0.481 e. The molecule has 2 aliphatic carbocycles. The first kappa shape index (κ1) is 17.1. The molecule has 0 amide bonds. The van der Waals surface area contributed by atoms with Gasteiger partial charge in [0.05, 0.1) is 12.0 Å². The zero-order valence-electron chi connectivity index (χ0n) is 12.2. The summed E-state index contributed by atoms with van der Waals surface area (Å²) in [6.45, 7) is 0. The molecule has 0 spiro atoms. The summed E-state index contributed by atoms with van der Waals surface area (Å²) in [5.74, 6) is -7.90. The summed E-state index contributed by atoms with van der Waals surface area (Å²) in [7, 11) is 0. The monoisotopic (exact) mass is 359 g/mol. The number of aliphatic carboxylic acids is 2. The van der Waals surface area contributed by atoms with Gasteiger partial charge in [0.15, 0.2) is 11.6 Å². The van der Waals surface area contributed by atoms with Crippen LogP contribution in [-0.2, 0) is 9.59 Å². The van der Waals surface area contributed by atoms with E-state index in [1.807, 2.05) is 0 Å². The second-order valence-electron chi connectivity index (χ2n) is 6.19. The minimum Gasteiger partial charge on any atom is -0.481 e. The van der Waals surface area contributed by atoms with E-state index in [-0.39, 0.29) is 5.75 Å². The van der Waals surface area contributed by atoms with E-state index in [9.17, 15) is 28.6 Å². The van der Waals surface area contributed by atoms with Crippen molar-refractivity contribution in [2.45, 2.75) is 16.5 Å². The fraction of sp³-hybridized carbons (Fsp3) is 0.467. The Labute approximate surface area is 139 Å². The third-order valence-electron chi connectivity index (χ3n) is 5.02. The van der Waals surface area contributed by atoms with Crippen molar-refractivity contribution in [2.24, 2.45) is 29.4 Å². The third-order valence-corrected chi connectivity index (χ3v) is 6.14. The molecule has 2 saturated carbocycles. The van der Waals surface area contributed by atoms with Crippen molar-refractivity contribution in [3.8, 4) is 0 Å². The molecule has 130 valence electrons. The highest BCUT2D eigenvalue weighted by molar-refractivity contribution is 7.99. The van der Waals surface area contributed by atoms with Gasteiger partial charge < -0.3 is 21.1 Å². The second-order valence-corrected chi connectivity index (χ2v) is 7.28. The number of hydrogen-bond acceptors (Lipinski definition) is 5. The molecule has 0 heterocycles. The minimum atomic E-state index is -1.86. The third kappa shape index (κ3) is 2.38. The standard InChI is InChI=1S/C15H15F2NO5S/c16-7-2-1-5(3-8(7)17)24-4-6-12(19)9-10(13(20)21)11(9)15(6,18)14(22)23/h1-3,6,9-12,19H,4,18H2,(H,20,21)(H,22,23). The molecule has 0 bridgehead atoms. The average Bonchev–Trinajstić information content (AvgIpc) is 3.21. The average molecular weight is 359 g/mol. The predicted molar refractivity (Wildman–Crippen MR) is 79.2 cm³/mol. The van der Waals surface area contributed by atoms with Crippen LogP contribution in [0.4, 0.5) is 8.78 Å². The quantitative estimate of drug-likeness (QED) is 0.573. The Morgan fingerprint density at radius 2 is 1.92 bits per heavy atom. The molecule has 0 saturated heterocycles. The molecule has 3 rings (SSSR count). The molecule has 2 aliphatic rings. The highest BCUT2D eigenvalue weighted by atomic mass is 32.2. The van der Waals surface area contributed by atoms with Gasteiger partial charge in [-0.25, -0.2) is 8.78 Å². The van der Waals surface area contributed by atoms with Crippen LogP contribution in [0.15, 0.2) is 23.1 Å². The van der Waals surface area contributed by atoms with Gasteiger partial charge in [-0.3, -0.25) is 9.59 Å². The smallest absolute Gasteiger partial charge is 0.324 e. The summed E-state index contributed by atoms with van der Waals surface area (Å²) in [5.41, 5.74) is 4.14. The van der Waals surface area contributed by atoms with Gasteiger partial charge in [0.25, 0.3) is 0 Å². The summed E-state index contributed by atoms with van der Waals surface area (Å²) in [4.78, 5) is 23.2. The number of nitrogens with two attached hydrogens (primary N) is 1. The number of aliphatic hydroxyl groups is 1. The lowest BCUT2D eigenvalue weighted by Crippen LogP contribution is -2.58. The molecule has 0 aromatic heterocycles. The molecule has 5 N–H and O–H groups in total. The Hall–Kier alpha value is -1.71. The summed E-state index contributed by atoms with van der Waals surface area (Å²) in [5, 5.41) is 28.9. The molecule has 2 fully saturated rings. The van der Waals surface area contributed by atoms with Crippen LogP contribution in [0.2, 0.25) is 0 Å². The van der Waals surface area contributed by atoms with Crippen LogP contribution < -0.4 is 5.73 Å². The van der Waals surface area contributed by atoms with Crippen LogP contribution in [-0.4, -0.2) is 44.7 Å². The Morgan fingerprint density at radius 3 is 2.46 bits per heavy atom. The van der Waals surface area contributed by atoms with Crippen molar-refractivity contribution < 1.29 is 33.7 Å². The van der Waals surface area contributed by atoms with Crippen molar-refractivity contribution >= 4 is 23.7 Å². The number of carbonyl (C=O) groups is 2. The molecule has 6 atom stereocenters. The van der Waals surface area contributed by atoms with Gasteiger partial charge >= 0.3 is 11.9 Å². The summed E-state index contributed by atoms with van der Waals surface area (Å²) < 4.78 is 26.2. The van der Waals surface area contributed by atoms with E-state index in [2.05, 4.69) is 0 Å². The number of halogens is 2. The lowest BCUT2D eigenvalue weighted by atomic mass is 9.81.